The molecule has 1 rings (SSSR count). The van der Waals surface area contributed by atoms with Gasteiger partial charge in [-0.1, -0.05) is 6.92 Å². The molecule has 0 radical (unpaired) electrons. The van der Waals surface area contributed by atoms with E-state index in [0.29, 0.717) is 6.42 Å². The maximum absolute atomic E-state index is 10.9. The standard InChI is InChI=1S/C9H12N2O/c1-3-8(12)4-5-9-10-6-7-11(9)2/h4-7H,3H2,1-2H3/b5-4+. The molecule has 0 atom stereocenters. The van der Waals surface area contributed by atoms with E-state index in [2.05, 4.69) is 4.98 Å². The first kappa shape index (κ1) is 8.71. The number of ketones is 1. The second kappa shape index (κ2) is 3.85. The van der Waals surface area contributed by atoms with Crippen LogP contribution >= 0.6 is 0 Å². The molecule has 1 aromatic heterocycles. The zero-order valence-electron chi connectivity index (χ0n) is 7.32. The molecule has 1 heterocycles. The fourth-order valence-corrected chi connectivity index (χ4v) is 0.823. The third-order valence-electron chi connectivity index (χ3n) is 1.63. The number of imidazole rings is 1. The van der Waals surface area contributed by atoms with Gasteiger partial charge in [0.2, 0.25) is 0 Å². The molecule has 64 valence electrons. The molecule has 0 fully saturated rings. The summed E-state index contributed by atoms with van der Waals surface area (Å²) in [5, 5.41) is 0. The SMILES string of the molecule is CCC(=O)/C=C/c1nccn1C. The summed E-state index contributed by atoms with van der Waals surface area (Å²) < 4.78 is 1.86. The lowest BCUT2D eigenvalue weighted by atomic mass is 10.3. The third-order valence-corrected chi connectivity index (χ3v) is 1.63. The lowest BCUT2D eigenvalue weighted by Crippen LogP contribution is -1.92. The van der Waals surface area contributed by atoms with Crippen molar-refractivity contribution in [2.45, 2.75) is 13.3 Å². The van der Waals surface area contributed by atoms with Crippen LogP contribution in [0.4, 0.5) is 0 Å². The quantitative estimate of drug-likeness (QED) is 0.633. The van der Waals surface area contributed by atoms with Gasteiger partial charge < -0.3 is 4.57 Å². The van der Waals surface area contributed by atoms with Crippen molar-refractivity contribution in [3.63, 3.8) is 0 Å². The Morgan fingerprint density at radius 2 is 2.50 bits per heavy atom. The number of hydrogen-bond acceptors (Lipinski definition) is 2. The van der Waals surface area contributed by atoms with Gasteiger partial charge in [-0.3, -0.25) is 4.79 Å². The molecule has 0 saturated carbocycles. The minimum atomic E-state index is 0.123. The van der Waals surface area contributed by atoms with Crippen molar-refractivity contribution in [2.75, 3.05) is 0 Å². The molecule has 0 aliphatic heterocycles. The monoisotopic (exact) mass is 164 g/mol. The van der Waals surface area contributed by atoms with Crippen molar-refractivity contribution in [1.82, 2.24) is 9.55 Å². The van der Waals surface area contributed by atoms with Crippen molar-refractivity contribution in [2.24, 2.45) is 7.05 Å². The predicted octanol–water partition coefficient (Wildman–Crippen LogP) is 1.41. The van der Waals surface area contributed by atoms with Crippen LogP contribution in [0.2, 0.25) is 0 Å². The first-order chi connectivity index (χ1) is 5.74. The van der Waals surface area contributed by atoms with E-state index < -0.39 is 0 Å². The van der Waals surface area contributed by atoms with E-state index in [1.165, 1.54) is 0 Å². The molecular formula is C9H12N2O. The summed E-state index contributed by atoms with van der Waals surface area (Å²) in [5.74, 6) is 0.926. The average molecular weight is 164 g/mol. The van der Waals surface area contributed by atoms with Crippen molar-refractivity contribution < 1.29 is 4.79 Å². The van der Waals surface area contributed by atoms with Crippen LogP contribution < -0.4 is 0 Å². The molecule has 3 nitrogen and oxygen atoms in total. The highest BCUT2D eigenvalue weighted by Gasteiger charge is 1.94. The molecule has 0 aromatic carbocycles. The molecule has 1 aromatic rings. The molecule has 0 aliphatic carbocycles. The van der Waals surface area contributed by atoms with Gasteiger partial charge in [0.05, 0.1) is 0 Å². The summed E-state index contributed by atoms with van der Waals surface area (Å²) in [6, 6.07) is 0. The topological polar surface area (TPSA) is 34.9 Å². The van der Waals surface area contributed by atoms with E-state index in [1.807, 2.05) is 24.7 Å². The van der Waals surface area contributed by atoms with Gasteiger partial charge in [-0.05, 0) is 12.2 Å². The number of hydrogen-bond donors (Lipinski definition) is 0. The second-order valence-corrected chi connectivity index (χ2v) is 2.55. The van der Waals surface area contributed by atoms with Crippen LogP contribution in [0, 0.1) is 0 Å². The van der Waals surface area contributed by atoms with E-state index in [0.717, 1.165) is 5.82 Å². The lowest BCUT2D eigenvalue weighted by molar-refractivity contribution is -0.114. The summed E-state index contributed by atoms with van der Waals surface area (Å²) in [6.45, 7) is 1.84. The Bertz CT molecular complexity index is 299. The lowest BCUT2D eigenvalue weighted by Gasteiger charge is -1.92. The fraction of sp³-hybridized carbons (Fsp3) is 0.333. The van der Waals surface area contributed by atoms with Crippen LogP contribution in [0.5, 0.6) is 0 Å². The van der Waals surface area contributed by atoms with Gasteiger partial charge in [-0.15, -0.1) is 0 Å². The summed E-state index contributed by atoms with van der Waals surface area (Å²) >= 11 is 0. The summed E-state index contributed by atoms with van der Waals surface area (Å²) in [5.41, 5.74) is 0. The molecule has 0 saturated heterocycles. The Labute approximate surface area is 71.7 Å². The Hall–Kier alpha value is -1.38. The number of carbonyl (C=O) groups is 1. The van der Waals surface area contributed by atoms with Crippen molar-refractivity contribution in [1.29, 1.82) is 0 Å². The fourth-order valence-electron chi connectivity index (χ4n) is 0.823. The van der Waals surface area contributed by atoms with Gasteiger partial charge in [-0.25, -0.2) is 4.98 Å². The zero-order valence-corrected chi connectivity index (χ0v) is 7.32. The van der Waals surface area contributed by atoms with Crippen molar-refractivity contribution in [3.05, 3.63) is 24.3 Å². The first-order valence-electron chi connectivity index (χ1n) is 3.92. The highest BCUT2D eigenvalue weighted by atomic mass is 16.1. The van der Waals surface area contributed by atoms with Gasteiger partial charge in [0.25, 0.3) is 0 Å². The predicted molar refractivity (Wildman–Crippen MR) is 47.5 cm³/mol. The van der Waals surface area contributed by atoms with Gasteiger partial charge in [0.15, 0.2) is 5.78 Å². The van der Waals surface area contributed by atoms with Crippen LogP contribution in [-0.2, 0) is 11.8 Å². The molecule has 0 amide bonds. The Morgan fingerprint density at radius 3 is 3.00 bits per heavy atom. The average Bonchev–Trinajstić information content (AvgIpc) is 2.47. The second-order valence-electron chi connectivity index (χ2n) is 2.55. The minimum absolute atomic E-state index is 0.123. The maximum Gasteiger partial charge on any atom is 0.155 e. The van der Waals surface area contributed by atoms with E-state index in [4.69, 9.17) is 0 Å². The Morgan fingerprint density at radius 1 is 1.75 bits per heavy atom. The van der Waals surface area contributed by atoms with Gasteiger partial charge in [-0.2, -0.15) is 0 Å². The van der Waals surface area contributed by atoms with E-state index >= 15 is 0 Å². The largest absolute Gasteiger partial charge is 0.335 e. The molecular weight excluding hydrogens is 152 g/mol. The molecule has 0 aliphatic rings. The highest BCUT2D eigenvalue weighted by Crippen LogP contribution is 1.97. The summed E-state index contributed by atoms with van der Waals surface area (Å²) in [6.07, 6.45) is 7.38. The highest BCUT2D eigenvalue weighted by molar-refractivity contribution is 5.92. The van der Waals surface area contributed by atoms with Gasteiger partial charge in [0, 0.05) is 25.9 Å². The van der Waals surface area contributed by atoms with Crippen molar-refractivity contribution in [3.8, 4) is 0 Å². The number of allylic oxidation sites excluding steroid dienone is 1. The summed E-state index contributed by atoms with van der Waals surface area (Å²) in [4.78, 5) is 14.9. The summed E-state index contributed by atoms with van der Waals surface area (Å²) in [7, 11) is 1.89. The molecule has 3 heteroatoms. The molecule has 0 spiro atoms. The molecule has 0 N–H and O–H groups in total. The zero-order chi connectivity index (χ0) is 8.97. The number of aryl methyl sites for hydroxylation is 1. The van der Waals surface area contributed by atoms with Crippen LogP contribution in [0.15, 0.2) is 18.5 Å². The van der Waals surface area contributed by atoms with Crippen LogP contribution in [0.3, 0.4) is 0 Å². The van der Waals surface area contributed by atoms with Gasteiger partial charge in [0.1, 0.15) is 5.82 Å². The third kappa shape index (κ3) is 2.05. The minimum Gasteiger partial charge on any atom is -0.335 e. The molecule has 0 unspecified atom stereocenters. The molecule has 12 heavy (non-hydrogen) atoms. The van der Waals surface area contributed by atoms with Gasteiger partial charge >= 0.3 is 0 Å². The van der Waals surface area contributed by atoms with Crippen LogP contribution in [0.1, 0.15) is 19.2 Å². The van der Waals surface area contributed by atoms with E-state index in [1.54, 1.807) is 18.3 Å². The number of aromatic nitrogens is 2. The number of rotatable bonds is 3. The number of carbonyl (C=O) groups excluding carboxylic acids is 1. The number of nitrogens with zero attached hydrogens (tertiary/aromatic N) is 2. The Balaban J connectivity index is 2.69. The van der Waals surface area contributed by atoms with Crippen molar-refractivity contribution >= 4 is 11.9 Å². The van der Waals surface area contributed by atoms with Crippen LogP contribution in [-0.4, -0.2) is 15.3 Å². The molecule has 0 bridgehead atoms. The smallest absolute Gasteiger partial charge is 0.155 e. The first-order valence-corrected chi connectivity index (χ1v) is 3.92. The normalized spacial score (nSPS) is 10.8. The maximum atomic E-state index is 10.9. The van der Waals surface area contributed by atoms with E-state index in [-0.39, 0.29) is 5.78 Å². The van der Waals surface area contributed by atoms with Crippen LogP contribution in [0.25, 0.3) is 6.08 Å². The Kier molecular flexibility index (Phi) is 2.80. The van der Waals surface area contributed by atoms with E-state index in [9.17, 15) is 4.79 Å².